The molecule has 1 fully saturated rings. The fourth-order valence-corrected chi connectivity index (χ4v) is 4.37. The first-order valence-electron chi connectivity index (χ1n) is 9.50. The summed E-state index contributed by atoms with van der Waals surface area (Å²) in [5, 5.41) is 1.99. The molecule has 7 nitrogen and oxygen atoms in total. The van der Waals surface area contributed by atoms with Crippen LogP contribution >= 0.6 is 23.5 Å². The van der Waals surface area contributed by atoms with Gasteiger partial charge in [-0.3, -0.25) is 19.3 Å². The molecule has 1 aromatic carbocycles. The van der Waals surface area contributed by atoms with E-state index in [0.717, 1.165) is 22.2 Å². The van der Waals surface area contributed by atoms with Crippen molar-refractivity contribution >= 4 is 46.7 Å². The summed E-state index contributed by atoms with van der Waals surface area (Å²) in [6.07, 6.45) is -1.52. The Morgan fingerprint density at radius 1 is 1.24 bits per heavy atom. The van der Waals surface area contributed by atoms with Crippen LogP contribution in [0.2, 0.25) is 0 Å². The number of carbonyl (C=O) groups excluding carboxylic acids is 3. The first-order chi connectivity index (χ1) is 15.7. The molecule has 0 atom stereocenters. The average Bonchev–Trinajstić information content (AvgIpc) is 3.05. The minimum Gasteiger partial charge on any atom is -0.497 e. The highest BCUT2D eigenvalue weighted by Crippen LogP contribution is 2.32. The van der Waals surface area contributed by atoms with Crippen LogP contribution in [-0.4, -0.2) is 59.1 Å². The number of rotatable bonds is 8. The molecule has 1 aromatic heterocycles. The van der Waals surface area contributed by atoms with E-state index in [9.17, 15) is 27.6 Å². The molecule has 1 N–H and O–H groups in total. The Morgan fingerprint density at radius 2 is 1.97 bits per heavy atom. The fraction of sp³-hybridized carbons (Fsp3) is 0.238. The predicted octanol–water partition coefficient (Wildman–Crippen LogP) is 4.21. The fourth-order valence-electron chi connectivity index (χ4n) is 2.75. The monoisotopic (exact) mass is 497 g/mol. The van der Waals surface area contributed by atoms with Gasteiger partial charge in [0.25, 0.3) is 17.1 Å². The Balaban J connectivity index is 1.58. The average molecular weight is 498 g/mol. The Morgan fingerprint density at radius 3 is 2.64 bits per heavy atom. The highest BCUT2D eigenvalue weighted by molar-refractivity contribution is 8.18. The molecule has 0 radical (unpaired) electrons. The van der Waals surface area contributed by atoms with Gasteiger partial charge in [-0.25, -0.2) is 4.98 Å². The van der Waals surface area contributed by atoms with Crippen LogP contribution in [0.1, 0.15) is 15.9 Å². The lowest BCUT2D eigenvalue weighted by molar-refractivity contribution is -0.122. The lowest BCUT2D eigenvalue weighted by Crippen LogP contribution is -2.37. The summed E-state index contributed by atoms with van der Waals surface area (Å²) in [7, 11) is 1.54. The third kappa shape index (κ3) is 6.75. The number of nitrogens with zero attached hydrogens (tertiary/aromatic N) is 2. The smallest absolute Gasteiger partial charge is 0.398 e. The largest absolute Gasteiger partial charge is 0.497 e. The van der Waals surface area contributed by atoms with Crippen LogP contribution in [0.15, 0.2) is 52.5 Å². The van der Waals surface area contributed by atoms with Gasteiger partial charge in [-0.1, -0.05) is 23.9 Å². The number of hydrogen-bond acceptors (Lipinski definition) is 7. The van der Waals surface area contributed by atoms with Gasteiger partial charge in [0.2, 0.25) is 0 Å². The van der Waals surface area contributed by atoms with Gasteiger partial charge in [-0.15, -0.1) is 0 Å². The number of methoxy groups -OCH3 is 1. The summed E-state index contributed by atoms with van der Waals surface area (Å²) in [5.41, 5.74) is 0.704. The first-order valence-corrected chi connectivity index (χ1v) is 11.3. The molecule has 3 rings (SSSR count). The molecule has 174 valence electrons. The molecule has 2 heterocycles. The number of nitrogens with one attached hydrogen (secondary N) is 1. The van der Waals surface area contributed by atoms with Crippen LogP contribution in [0, 0.1) is 0 Å². The Bertz CT molecular complexity index is 1080. The highest BCUT2D eigenvalue weighted by atomic mass is 32.2. The Kier molecular flexibility index (Phi) is 8.03. The van der Waals surface area contributed by atoms with Gasteiger partial charge >= 0.3 is 6.18 Å². The molecule has 33 heavy (non-hydrogen) atoms. The molecule has 3 amide bonds. The van der Waals surface area contributed by atoms with E-state index in [4.69, 9.17) is 4.74 Å². The van der Waals surface area contributed by atoms with E-state index in [1.165, 1.54) is 25.4 Å². The van der Waals surface area contributed by atoms with Crippen LogP contribution in [0.4, 0.5) is 18.0 Å². The summed E-state index contributed by atoms with van der Waals surface area (Å²) in [4.78, 5) is 42.3. The van der Waals surface area contributed by atoms with Crippen LogP contribution in [0.25, 0.3) is 6.08 Å². The molecule has 0 saturated carbocycles. The van der Waals surface area contributed by atoms with Crippen molar-refractivity contribution in [1.29, 1.82) is 0 Å². The number of carbonyl (C=O) groups is 3. The highest BCUT2D eigenvalue weighted by Gasteiger charge is 2.34. The van der Waals surface area contributed by atoms with Crippen molar-refractivity contribution in [2.45, 2.75) is 11.2 Å². The van der Waals surface area contributed by atoms with Gasteiger partial charge in [-0.05, 0) is 47.7 Å². The summed E-state index contributed by atoms with van der Waals surface area (Å²) < 4.78 is 42.6. The number of thioether (sulfide) groups is 2. The number of alkyl halides is 3. The number of benzene rings is 1. The zero-order valence-corrected chi connectivity index (χ0v) is 18.9. The minimum atomic E-state index is -4.40. The number of aromatic nitrogens is 1. The molecule has 1 aliphatic heterocycles. The van der Waals surface area contributed by atoms with Crippen molar-refractivity contribution in [3.8, 4) is 5.75 Å². The van der Waals surface area contributed by atoms with Crippen molar-refractivity contribution < 1.29 is 32.3 Å². The van der Waals surface area contributed by atoms with Crippen LogP contribution in [0.5, 0.6) is 5.75 Å². The first kappa shape index (κ1) is 24.6. The maximum atomic E-state index is 12.6. The summed E-state index contributed by atoms with van der Waals surface area (Å²) in [5.74, 6) is -1.65. The van der Waals surface area contributed by atoms with Crippen LogP contribution < -0.4 is 10.1 Å². The number of imide groups is 1. The van der Waals surface area contributed by atoms with Gasteiger partial charge in [0.15, 0.2) is 0 Å². The lowest BCUT2D eigenvalue weighted by atomic mass is 10.2. The van der Waals surface area contributed by atoms with E-state index >= 15 is 0 Å². The molecular weight excluding hydrogens is 479 g/mol. The van der Waals surface area contributed by atoms with Crippen molar-refractivity contribution in [3.63, 3.8) is 0 Å². The second kappa shape index (κ2) is 10.8. The van der Waals surface area contributed by atoms with E-state index < -0.39 is 29.0 Å². The van der Waals surface area contributed by atoms with Gasteiger partial charge in [0.1, 0.15) is 10.8 Å². The van der Waals surface area contributed by atoms with Crippen molar-refractivity contribution in [2.24, 2.45) is 0 Å². The SMILES string of the molecule is COc1ccc(/C=C2\SC(=O)N(CCNC(=O)c3cccnc3SCC(F)(F)F)C2=O)cc1. The zero-order chi connectivity index (χ0) is 24.0. The zero-order valence-electron chi connectivity index (χ0n) is 17.2. The van der Waals surface area contributed by atoms with E-state index in [0.29, 0.717) is 17.5 Å². The lowest BCUT2D eigenvalue weighted by Gasteiger charge is -2.14. The topological polar surface area (TPSA) is 88.6 Å². The number of hydrogen-bond donors (Lipinski definition) is 1. The second-order valence-corrected chi connectivity index (χ2v) is 8.58. The summed E-state index contributed by atoms with van der Waals surface area (Å²) in [6, 6.07) is 9.74. The van der Waals surface area contributed by atoms with Gasteiger partial charge in [0.05, 0.1) is 23.3 Å². The maximum Gasteiger partial charge on any atom is 0.398 e. The van der Waals surface area contributed by atoms with Gasteiger partial charge < -0.3 is 10.1 Å². The van der Waals surface area contributed by atoms with E-state index in [1.54, 1.807) is 30.3 Å². The van der Waals surface area contributed by atoms with Crippen molar-refractivity contribution in [3.05, 3.63) is 58.6 Å². The number of ether oxygens (including phenoxy) is 1. The standard InChI is InChI=1S/C21H18F3N3O4S2/c1-31-14-6-4-13(5-7-14)11-16-19(29)27(20(30)33-16)10-9-25-17(28)15-3-2-8-26-18(15)32-12-21(22,23)24/h2-8,11H,9-10,12H2,1H3,(H,25,28)/b16-11-. The van der Waals surface area contributed by atoms with Gasteiger partial charge in [0, 0.05) is 19.3 Å². The Hall–Kier alpha value is -2.99. The molecule has 2 aromatic rings. The van der Waals surface area contributed by atoms with E-state index in [-0.39, 0.29) is 28.6 Å². The predicted molar refractivity (Wildman–Crippen MR) is 119 cm³/mol. The number of halogens is 3. The molecule has 0 bridgehead atoms. The van der Waals surface area contributed by atoms with Crippen LogP contribution in [-0.2, 0) is 4.79 Å². The molecule has 1 saturated heterocycles. The van der Waals surface area contributed by atoms with E-state index in [1.807, 2.05) is 0 Å². The third-order valence-electron chi connectivity index (χ3n) is 4.30. The van der Waals surface area contributed by atoms with Gasteiger partial charge in [-0.2, -0.15) is 13.2 Å². The molecule has 0 unspecified atom stereocenters. The maximum absolute atomic E-state index is 12.6. The normalized spacial score (nSPS) is 15.3. The van der Waals surface area contributed by atoms with E-state index in [2.05, 4.69) is 10.3 Å². The van der Waals surface area contributed by atoms with Crippen molar-refractivity contribution in [1.82, 2.24) is 15.2 Å². The molecular formula is C21H18F3N3O4S2. The summed E-state index contributed by atoms with van der Waals surface area (Å²) in [6.45, 7) is -0.146. The number of pyridine rings is 1. The molecule has 1 aliphatic rings. The number of amides is 3. The molecule has 0 spiro atoms. The minimum absolute atomic E-state index is 0.0136. The Labute approximate surface area is 195 Å². The quantitative estimate of drug-likeness (QED) is 0.432. The van der Waals surface area contributed by atoms with Crippen molar-refractivity contribution in [2.75, 3.05) is 26.0 Å². The summed E-state index contributed by atoms with van der Waals surface area (Å²) >= 11 is 1.20. The van der Waals surface area contributed by atoms with Crippen LogP contribution in [0.3, 0.4) is 0 Å². The molecule has 0 aliphatic carbocycles. The third-order valence-corrected chi connectivity index (χ3v) is 6.27. The molecule has 12 heteroatoms. The second-order valence-electron chi connectivity index (χ2n) is 6.62.